The smallest absolute Gasteiger partial charge is 0.227 e. The van der Waals surface area contributed by atoms with Crippen molar-refractivity contribution in [2.24, 2.45) is 0 Å². The van der Waals surface area contributed by atoms with E-state index in [4.69, 9.17) is 0 Å². The van der Waals surface area contributed by atoms with Crippen LogP contribution in [-0.2, 0) is 30.7 Å². The Balaban J connectivity index is 1.48. The molecule has 0 saturated carbocycles. The highest BCUT2D eigenvalue weighted by Crippen LogP contribution is 2.31. The van der Waals surface area contributed by atoms with Gasteiger partial charge in [-0.15, -0.1) is 0 Å². The topological polar surface area (TPSA) is 25.2 Å². The molecule has 0 bridgehead atoms. The van der Waals surface area contributed by atoms with Gasteiger partial charge in [0.25, 0.3) is 0 Å². The highest BCUT2D eigenvalue weighted by Gasteiger charge is 2.26. The van der Waals surface area contributed by atoms with Gasteiger partial charge in [0.05, 0.1) is 13.0 Å². The summed E-state index contributed by atoms with van der Waals surface area (Å²) < 4.78 is 2.40. The van der Waals surface area contributed by atoms with Crippen LogP contribution in [0.1, 0.15) is 22.4 Å². The second kappa shape index (κ2) is 7.59. The van der Waals surface area contributed by atoms with E-state index >= 15 is 0 Å². The highest BCUT2D eigenvalue weighted by atomic mass is 16.2. The van der Waals surface area contributed by atoms with Crippen LogP contribution in [0.2, 0.25) is 0 Å². The normalized spacial score (nSPS) is 13.4. The van der Waals surface area contributed by atoms with Crippen molar-refractivity contribution in [3.05, 3.63) is 107 Å². The maximum atomic E-state index is 13.0. The van der Waals surface area contributed by atoms with Gasteiger partial charge in [0.1, 0.15) is 0 Å². The van der Waals surface area contributed by atoms with E-state index in [0.717, 1.165) is 25.1 Å². The Labute approximate surface area is 171 Å². The lowest BCUT2D eigenvalue weighted by atomic mass is 10.0. The number of rotatable bonds is 4. The lowest BCUT2D eigenvalue weighted by Crippen LogP contribution is -2.37. The first-order chi connectivity index (χ1) is 14.3. The van der Waals surface area contributed by atoms with Crippen LogP contribution in [0.15, 0.2) is 84.9 Å². The zero-order chi connectivity index (χ0) is 19.6. The van der Waals surface area contributed by atoms with Gasteiger partial charge in [-0.2, -0.15) is 0 Å². The van der Waals surface area contributed by atoms with Gasteiger partial charge in [-0.3, -0.25) is 4.79 Å². The third kappa shape index (κ3) is 3.44. The molecule has 1 aromatic heterocycles. The van der Waals surface area contributed by atoms with Gasteiger partial charge in [0.15, 0.2) is 0 Å². The van der Waals surface area contributed by atoms with Crippen LogP contribution in [0.5, 0.6) is 0 Å². The second-order valence-electron chi connectivity index (χ2n) is 7.74. The molecule has 29 heavy (non-hydrogen) atoms. The molecule has 3 aromatic carbocycles. The van der Waals surface area contributed by atoms with Crippen molar-refractivity contribution in [2.45, 2.75) is 25.9 Å². The molecule has 0 aliphatic carbocycles. The van der Waals surface area contributed by atoms with Crippen molar-refractivity contribution in [1.82, 2.24) is 9.47 Å². The minimum absolute atomic E-state index is 0.207. The summed E-state index contributed by atoms with van der Waals surface area (Å²) in [7, 11) is 0. The quantitative estimate of drug-likeness (QED) is 0.498. The first-order valence-corrected chi connectivity index (χ1v) is 10.2. The molecule has 0 atom stereocenters. The third-order valence-electron chi connectivity index (χ3n) is 5.90. The zero-order valence-electron chi connectivity index (χ0n) is 16.4. The lowest BCUT2D eigenvalue weighted by Gasteiger charge is -2.29. The molecule has 0 saturated heterocycles. The van der Waals surface area contributed by atoms with Gasteiger partial charge in [0, 0.05) is 29.7 Å². The Hall–Kier alpha value is -3.33. The molecule has 1 amide bonds. The van der Waals surface area contributed by atoms with Crippen LogP contribution in [0, 0.1) is 0 Å². The minimum Gasteiger partial charge on any atom is -0.338 e. The minimum atomic E-state index is 0.207. The maximum Gasteiger partial charge on any atom is 0.227 e. The van der Waals surface area contributed by atoms with Gasteiger partial charge in [-0.25, -0.2) is 0 Å². The predicted octanol–water partition coefficient (Wildman–Crippen LogP) is 4.82. The van der Waals surface area contributed by atoms with Crippen molar-refractivity contribution in [1.29, 1.82) is 0 Å². The molecule has 1 aliphatic rings. The number of amides is 1. The number of carbonyl (C=O) groups is 1. The largest absolute Gasteiger partial charge is 0.338 e. The predicted molar refractivity (Wildman–Crippen MR) is 117 cm³/mol. The number of para-hydroxylation sites is 1. The van der Waals surface area contributed by atoms with E-state index in [1.165, 1.54) is 27.7 Å². The van der Waals surface area contributed by atoms with E-state index in [-0.39, 0.29) is 5.91 Å². The van der Waals surface area contributed by atoms with E-state index < -0.39 is 0 Å². The molecule has 5 rings (SSSR count). The van der Waals surface area contributed by atoms with Gasteiger partial charge in [0.2, 0.25) is 5.91 Å². The van der Waals surface area contributed by atoms with E-state index in [0.29, 0.717) is 13.0 Å². The van der Waals surface area contributed by atoms with Crippen molar-refractivity contribution in [2.75, 3.05) is 6.54 Å². The summed E-state index contributed by atoms with van der Waals surface area (Å²) in [5.74, 6) is 0.207. The number of carbonyl (C=O) groups excluding carboxylic acids is 1. The zero-order valence-corrected chi connectivity index (χ0v) is 16.4. The van der Waals surface area contributed by atoms with Gasteiger partial charge in [-0.1, -0.05) is 78.9 Å². The summed E-state index contributed by atoms with van der Waals surface area (Å²) in [5, 5.41) is 1.33. The van der Waals surface area contributed by atoms with Crippen LogP contribution in [0.3, 0.4) is 0 Å². The monoisotopic (exact) mass is 380 g/mol. The standard InChI is InChI=1S/C26H24N2O/c29-26(17-20-9-3-1-4-10-20)27-16-15-23-22-13-7-8-14-24(22)28(25(23)19-27)18-21-11-5-2-6-12-21/h1-14H,15-19H2. The molecule has 0 unspecified atom stereocenters. The van der Waals surface area contributed by atoms with Crippen LogP contribution < -0.4 is 0 Å². The molecular weight excluding hydrogens is 356 g/mol. The fraction of sp³-hybridized carbons (Fsp3) is 0.192. The first kappa shape index (κ1) is 17.7. The molecule has 2 heterocycles. The van der Waals surface area contributed by atoms with E-state index in [9.17, 15) is 4.79 Å². The first-order valence-electron chi connectivity index (χ1n) is 10.2. The summed E-state index contributed by atoms with van der Waals surface area (Å²) in [5.41, 5.74) is 6.30. The number of hydrogen-bond donors (Lipinski definition) is 0. The molecular formula is C26H24N2O. The fourth-order valence-corrected chi connectivity index (χ4v) is 4.44. The van der Waals surface area contributed by atoms with Crippen LogP contribution >= 0.6 is 0 Å². The SMILES string of the molecule is O=C(Cc1ccccc1)N1CCc2c(n(Cc3ccccc3)c3ccccc23)C1. The molecule has 144 valence electrons. The van der Waals surface area contributed by atoms with Crippen molar-refractivity contribution in [3.8, 4) is 0 Å². The van der Waals surface area contributed by atoms with E-state index in [2.05, 4.69) is 59.2 Å². The van der Waals surface area contributed by atoms with Crippen LogP contribution in [0.25, 0.3) is 10.9 Å². The summed E-state index contributed by atoms with van der Waals surface area (Å²) in [6, 6.07) is 29.2. The van der Waals surface area contributed by atoms with Crippen LogP contribution in [-0.4, -0.2) is 21.9 Å². The van der Waals surface area contributed by atoms with Crippen LogP contribution in [0.4, 0.5) is 0 Å². The number of benzene rings is 3. The fourth-order valence-electron chi connectivity index (χ4n) is 4.44. The number of nitrogens with zero attached hydrogens (tertiary/aromatic N) is 2. The molecule has 0 spiro atoms. The van der Waals surface area contributed by atoms with Gasteiger partial charge < -0.3 is 9.47 Å². The molecule has 4 aromatic rings. The summed E-state index contributed by atoms with van der Waals surface area (Å²) >= 11 is 0. The average molecular weight is 380 g/mol. The Morgan fingerprint density at radius 3 is 2.21 bits per heavy atom. The molecule has 0 fully saturated rings. The third-order valence-corrected chi connectivity index (χ3v) is 5.90. The Morgan fingerprint density at radius 1 is 0.793 bits per heavy atom. The second-order valence-corrected chi connectivity index (χ2v) is 7.74. The number of aromatic nitrogens is 1. The van der Waals surface area contributed by atoms with Crippen molar-refractivity contribution >= 4 is 16.8 Å². The lowest BCUT2D eigenvalue weighted by molar-refractivity contribution is -0.131. The number of fused-ring (bicyclic) bond motifs is 3. The van der Waals surface area contributed by atoms with Crippen molar-refractivity contribution < 1.29 is 4.79 Å². The summed E-state index contributed by atoms with van der Waals surface area (Å²) in [6.07, 6.45) is 1.38. The number of hydrogen-bond acceptors (Lipinski definition) is 1. The maximum absolute atomic E-state index is 13.0. The summed E-state index contributed by atoms with van der Waals surface area (Å²) in [4.78, 5) is 15.0. The Bertz CT molecular complexity index is 1150. The molecule has 1 aliphatic heterocycles. The van der Waals surface area contributed by atoms with Gasteiger partial charge in [-0.05, 0) is 29.2 Å². The van der Waals surface area contributed by atoms with Crippen molar-refractivity contribution in [3.63, 3.8) is 0 Å². The Kier molecular flexibility index (Phi) is 4.65. The summed E-state index contributed by atoms with van der Waals surface area (Å²) in [6.45, 7) is 2.30. The molecule has 0 radical (unpaired) electrons. The molecule has 0 N–H and O–H groups in total. The Morgan fingerprint density at radius 2 is 1.45 bits per heavy atom. The molecule has 3 heteroatoms. The molecule has 3 nitrogen and oxygen atoms in total. The van der Waals surface area contributed by atoms with E-state index in [1.807, 2.05) is 35.2 Å². The highest BCUT2D eigenvalue weighted by molar-refractivity contribution is 5.87. The average Bonchev–Trinajstić information content (AvgIpc) is 3.08. The van der Waals surface area contributed by atoms with Gasteiger partial charge >= 0.3 is 0 Å². The van der Waals surface area contributed by atoms with E-state index in [1.54, 1.807) is 0 Å².